The van der Waals surface area contributed by atoms with Gasteiger partial charge in [0, 0.05) is 0 Å². The van der Waals surface area contributed by atoms with Gasteiger partial charge in [-0.15, -0.1) is 0 Å². The summed E-state index contributed by atoms with van der Waals surface area (Å²) in [5.74, 6) is -1.25. The van der Waals surface area contributed by atoms with E-state index in [9.17, 15) is 25.0 Å². The highest BCUT2D eigenvalue weighted by Crippen LogP contribution is 2.38. The molecule has 1 aliphatic heterocycles. The summed E-state index contributed by atoms with van der Waals surface area (Å²) < 4.78 is 0. The van der Waals surface area contributed by atoms with E-state index in [-0.39, 0.29) is 11.3 Å². The van der Waals surface area contributed by atoms with Crippen LogP contribution in [0, 0.1) is 20.2 Å². The number of carbonyl (C=O) groups is 1. The molecule has 8 heteroatoms. The highest BCUT2D eigenvalue weighted by atomic mass is 16.7. The lowest BCUT2D eigenvalue weighted by Crippen LogP contribution is -2.48. The predicted octanol–water partition coefficient (Wildman–Crippen LogP) is 0.345. The molecule has 0 aromatic heterocycles. The lowest BCUT2D eigenvalue weighted by molar-refractivity contribution is -0.787. The van der Waals surface area contributed by atoms with E-state index in [0.29, 0.717) is 0 Å². The quantitative estimate of drug-likeness (QED) is 0.441. The lowest BCUT2D eigenvalue weighted by atomic mass is 10.0. The second-order valence-electron chi connectivity index (χ2n) is 3.19. The van der Waals surface area contributed by atoms with E-state index in [2.05, 4.69) is 5.32 Å². The van der Waals surface area contributed by atoms with E-state index >= 15 is 0 Å². The first-order valence-electron chi connectivity index (χ1n) is 4.21. The van der Waals surface area contributed by atoms with Crippen LogP contribution in [0.2, 0.25) is 0 Å². The number of nitrogens with one attached hydrogen (secondary N) is 1. The number of hydrogen-bond acceptors (Lipinski definition) is 5. The van der Waals surface area contributed by atoms with Gasteiger partial charge in [0.05, 0.1) is 5.69 Å². The summed E-state index contributed by atoms with van der Waals surface area (Å²) in [6.07, 6.45) is 0. The SMILES string of the molecule is O=C1Nc2ccccc2C1([N+](=O)[O-])[N+](=O)[O-]. The van der Waals surface area contributed by atoms with E-state index in [1.54, 1.807) is 0 Å². The predicted molar refractivity (Wildman–Crippen MR) is 50.7 cm³/mol. The molecule has 0 spiro atoms. The normalized spacial score (nSPS) is 16.4. The number of anilines is 1. The van der Waals surface area contributed by atoms with Gasteiger partial charge in [-0.1, -0.05) is 12.1 Å². The van der Waals surface area contributed by atoms with E-state index in [1.165, 1.54) is 24.3 Å². The van der Waals surface area contributed by atoms with Crippen molar-refractivity contribution >= 4 is 11.6 Å². The minimum absolute atomic E-state index is 0.0981. The molecule has 0 bridgehead atoms. The fourth-order valence-electron chi connectivity index (χ4n) is 1.66. The Balaban J connectivity index is 2.76. The number of benzene rings is 1. The largest absolute Gasteiger partial charge is 0.563 e. The van der Waals surface area contributed by atoms with Gasteiger partial charge < -0.3 is 5.32 Å². The molecule has 0 saturated carbocycles. The summed E-state index contributed by atoms with van der Waals surface area (Å²) in [7, 11) is 0. The molecule has 82 valence electrons. The number of amides is 1. The third-order valence-electron chi connectivity index (χ3n) is 2.40. The fraction of sp³-hybridized carbons (Fsp3) is 0.125. The third-order valence-corrected chi connectivity index (χ3v) is 2.40. The summed E-state index contributed by atoms with van der Waals surface area (Å²) in [6.45, 7) is 0. The third kappa shape index (κ3) is 0.950. The molecule has 1 heterocycles. The Morgan fingerprint density at radius 2 is 1.69 bits per heavy atom. The average Bonchev–Trinajstić information content (AvgIpc) is 2.50. The molecule has 1 aliphatic rings. The second-order valence-corrected chi connectivity index (χ2v) is 3.19. The van der Waals surface area contributed by atoms with Crippen molar-refractivity contribution in [2.75, 3.05) is 5.32 Å². The molecule has 8 nitrogen and oxygen atoms in total. The molecule has 2 rings (SSSR count). The number of rotatable bonds is 2. The van der Waals surface area contributed by atoms with Crippen molar-refractivity contribution in [1.82, 2.24) is 0 Å². The molecule has 0 radical (unpaired) electrons. The molecule has 0 aliphatic carbocycles. The van der Waals surface area contributed by atoms with Gasteiger partial charge in [0.2, 0.25) is 0 Å². The van der Waals surface area contributed by atoms with Crippen molar-refractivity contribution in [2.24, 2.45) is 0 Å². The average molecular weight is 223 g/mol. The van der Waals surface area contributed by atoms with Crippen LogP contribution in [0.3, 0.4) is 0 Å². The van der Waals surface area contributed by atoms with Crippen LogP contribution in [0.1, 0.15) is 5.56 Å². The molecule has 0 unspecified atom stereocenters. The topological polar surface area (TPSA) is 115 Å². The summed E-state index contributed by atoms with van der Waals surface area (Å²) in [5.41, 5.74) is -3.06. The molecule has 0 saturated heterocycles. The Morgan fingerprint density at radius 3 is 2.25 bits per heavy atom. The Bertz CT molecular complexity index is 498. The summed E-state index contributed by atoms with van der Waals surface area (Å²) in [5, 5.41) is 23.8. The van der Waals surface area contributed by atoms with Gasteiger partial charge in [0.25, 0.3) is 0 Å². The minimum Gasteiger partial charge on any atom is -0.312 e. The van der Waals surface area contributed by atoms with Crippen LogP contribution >= 0.6 is 0 Å². The highest BCUT2D eigenvalue weighted by molar-refractivity contribution is 6.03. The first kappa shape index (κ1) is 10.0. The Morgan fingerprint density at radius 1 is 1.12 bits per heavy atom. The van der Waals surface area contributed by atoms with Crippen molar-refractivity contribution in [3.63, 3.8) is 0 Å². The zero-order valence-corrected chi connectivity index (χ0v) is 7.75. The Kier molecular flexibility index (Phi) is 1.87. The second kappa shape index (κ2) is 2.99. The summed E-state index contributed by atoms with van der Waals surface area (Å²) >= 11 is 0. The highest BCUT2D eigenvalue weighted by Gasteiger charge is 2.70. The molecule has 16 heavy (non-hydrogen) atoms. The van der Waals surface area contributed by atoms with Crippen molar-refractivity contribution in [1.29, 1.82) is 0 Å². The van der Waals surface area contributed by atoms with Gasteiger partial charge in [-0.25, -0.2) is 0 Å². The maximum absolute atomic E-state index is 11.4. The molecule has 1 aromatic carbocycles. The lowest BCUT2D eigenvalue weighted by Gasteiger charge is -2.08. The molecular formula is C8H5N3O5. The van der Waals surface area contributed by atoms with E-state index in [4.69, 9.17) is 0 Å². The van der Waals surface area contributed by atoms with Gasteiger partial charge in [-0.2, -0.15) is 0 Å². The van der Waals surface area contributed by atoms with E-state index in [0.717, 1.165) is 0 Å². The number of fused-ring (bicyclic) bond motifs is 1. The number of para-hydroxylation sites is 1. The molecule has 1 aromatic rings. The van der Waals surface area contributed by atoms with Crippen LogP contribution in [0.15, 0.2) is 24.3 Å². The molecule has 0 atom stereocenters. The van der Waals surface area contributed by atoms with Crippen LogP contribution in [0.5, 0.6) is 0 Å². The van der Waals surface area contributed by atoms with Crippen molar-refractivity contribution in [2.45, 2.75) is 5.66 Å². The minimum atomic E-state index is -2.92. The smallest absolute Gasteiger partial charge is 0.312 e. The Labute approximate surface area is 88.2 Å². The fourth-order valence-corrected chi connectivity index (χ4v) is 1.66. The summed E-state index contributed by atoms with van der Waals surface area (Å²) in [6, 6.07) is 5.50. The van der Waals surface area contributed by atoms with Gasteiger partial charge in [0.15, 0.2) is 0 Å². The number of hydrogen-bond donors (Lipinski definition) is 1. The van der Waals surface area contributed by atoms with Crippen molar-refractivity contribution in [3.8, 4) is 0 Å². The molecular weight excluding hydrogens is 218 g/mol. The number of carbonyl (C=O) groups excluding carboxylic acids is 1. The van der Waals surface area contributed by atoms with E-state index in [1.807, 2.05) is 0 Å². The van der Waals surface area contributed by atoms with Gasteiger partial charge in [-0.3, -0.25) is 25.0 Å². The standard InChI is InChI=1S/C8H5N3O5/c12-7-8(10(13)14,11(15)16)5-3-1-2-4-6(5)9-7/h1-4H,(H,9,12). The molecule has 0 fully saturated rings. The number of nitro groups is 2. The Hall–Kier alpha value is -2.51. The summed E-state index contributed by atoms with van der Waals surface area (Å²) in [4.78, 5) is 30.8. The van der Waals surface area contributed by atoms with Crippen LogP contribution in [-0.2, 0) is 10.5 Å². The zero-order valence-electron chi connectivity index (χ0n) is 7.75. The molecule has 1 amide bonds. The first-order valence-corrected chi connectivity index (χ1v) is 4.21. The zero-order chi connectivity index (χ0) is 11.9. The van der Waals surface area contributed by atoms with Crippen LogP contribution in [0.25, 0.3) is 0 Å². The van der Waals surface area contributed by atoms with Gasteiger partial charge >= 0.3 is 11.6 Å². The van der Waals surface area contributed by atoms with Crippen LogP contribution in [0.4, 0.5) is 5.69 Å². The molecule has 1 N–H and O–H groups in total. The monoisotopic (exact) mass is 223 g/mol. The van der Waals surface area contributed by atoms with Gasteiger partial charge in [-0.05, 0) is 12.1 Å². The van der Waals surface area contributed by atoms with Crippen LogP contribution < -0.4 is 5.32 Å². The first-order chi connectivity index (χ1) is 7.51. The van der Waals surface area contributed by atoms with Crippen LogP contribution in [-0.4, -0.2) is 15.8 Å². The maximum Gasteiger partial charge on any atom is 0.563 e. The van der Waals surface area contributed by atoms with Crippen molar-refractivity contribution < 1.29 is 14.6 Å². The number of nitrogens with zero attached hydrogens (tertiary/aromatic N) is 2. The van der Waals surface area contributed by atoms with Gasteiger partial charge in [0.1, 0.15) is 15.4 Å². The van der Waals surface area contributed by atoms with Crippen molar-refractivity contribution in [3.05, 3.63) is 50.1 Å². The van der Waals surface area contributed by atoms with E-state index < -0.39 is 21.4 Å². The maximum atomic E-state index is 11.4.